The summed E-state index contributed by atoms with van der Waals surface area (Å²) >= 11 is 11.7. The highest BCUT2D eigenvalue weighted by atomic mass is 35.5. The zero-order valence-corrected chi connectivity index (χ0v) is 13.5. The van der Waals surface area contributed by atoms with Gasteiger partial charge in [0.25, 0.3) is 11.6 Å². The van der Waals surface area contributed by atoms with Crippen molar-refractivity contribution in [2.75, 3.05) is 5.32 Å². The smallest absolute Gasteiger partial charge is 0.276 e. The minimum Gasteiger partial charge on any atom is -0.320 e. The van der Waals surface area contributed by atoms with Crippen molar-refractivity contribution in [3.8, 4) is 6.07 Å². The van der Waals surface area contributed by atoms with Gasteiger partial charge in [-0.1, -0.05) is 35.3 Å². The Balaban J connectivity index is 2.33. The van der Waals surface area contributed by atoms with E-state index in [4.69, 9.17) is 23.2 Å². The second-order valence-electron chi connectivity index (χ2n) is 4.56. The molecule has 6 nitrogen and oxygen atoms in total. The molecule has 1 N–H and O–H groups in total. The first-order chi connectivity index (χ1) is 11.4. The predicted molar refractivity (Wildman–Crippen MR) is 91.8 cm³/mol. The monoisotopic (exact) mass is 361 g/mol. The van der Waals surface area contributed by atoms with Crippen LogP contribution in [0.15, 0.2) is 48.0 Å². The number of halogens is 2. The number of carbonyl (C=O) groups is 1. The molecule has 1 amide bonds. The number of nitrogens with zero attached hydrogens (tertiary/aromatic N) is 2. The van der Waals surface area contributed by atoms with E-state index in [0.29, 0.717) is 5.02 Å². The molecule has 0 saturated heterocycles. The van der Waals surface area contributed by atoms with Gasteiger partial charge < -0.3 is 5.32 Å². The summed E-state index contributed by atoms with van der Waals surface area (Å²) in [5, 5.41) is 23.2. The summed E-state index contributed by atoms with van der Waals surface area (Å²) in [5.74, 6) is -0.736. The van der Waals surface area contributed by atoms with Gasteiger partial charge in [0.1, 0.15) is 11.6 Å². The van der Waals surface area contributed by atoms with Crippen molar-refractivity contribution in [3.63, 3.8) is 0 Å². The normalized spacial score (nSPS) is 10.8. The molecule has 0 saturated carbocycles. The van der Waals surface area contributed by atoms with E-state index in [2.05, 4.69) is 5.32 Å². The average molecular weight is 362 g/mol. The van der Waals surface area contributed by atoms with Crippen LogP contribution >= 0.6 is 23.2 Å². The van der Waals surface area contributed by atoms with E-state index < -0.39 is 10.8 Å². The van der Waals surface area contributed by atoms with Crippen LogP contribution < -0.4 is 5.32 Å². The largest absolute Gasteiger partial charge is 0.320 e. The Morgan fingerprint density at radius 2 is 1.96 bits per heavy atom. The van der Waals surface area contributed by atoms with Crippen LogP contribution in [0, 0.1) is 21.4 Å². The topological polar surface area (TPSA) is 96.0 Å². The second kappa shape index (κ2) is 7.59. The number of para-hydroxylation sites is 1. The molecule has 24 heavy (non-hydrogen) atoms. The van der Waals surface area contributed by atoms with Gasteiger partial charge in [-0.2, -0.15) is 5.26 Å². The van der Waals surface area contributed by atoms with Gasteiger partial charge in [-0.25, -0.2) is 0 Å². The maximum absolute atomic E-state index is 12.2. The summed E-state index contributed by atoms with van der Waals surface area (Å²) < 4.78 is 0. The van der Waals surface area contributed by atoms with Crippen LogP contribution in [0.2, 0.25) is 10.0 Å². The Hall–Kier alpha value is -2.88. The number of amides is 1. The van der Waals surface area contributed by atoms with Crippen molar-refractivity contribution < 1.29 is 9.72 Å². The molecule has 0 atom stereocenters. The van der Waals surface area contributed by atoms with Gasteiger partial charge in [-0.15, -0.1) is 0 Å². The molecule has 0 bridgehead atoms. The molecule has 0 aromatic heterocycles. The molecule has 2 aromatic rings. The van der Waals surface area contributed by atoms with Gasteiger partial charge >= 0.3 is 0 Å². The molecular formula is C16H9Cl2N3O3. The maximum atomic E-state index is 12.2. The Bertz CT molecular complexity index is 888. The van der Waals surface area contributed by atoms with E-state index in [1.807, 2.05) is 0 Å². The third kappa shape index (κ3) is 4.10. The van der Waals surface area contributed by atoms with Crippen LogP contribution in [0.5, 0.6) is 0 Å². The highest BCUT2D eigenvalue weighted by molar-refractivity contribution is 6.36. The molecule has 0 unspecified atom stereocenters. The number of nitrogens with one attached hydrogen (secondary N) is 1. The SMILES string of the molecule is N#CC(=Cc1ccccc1[N+](=O)[O-])C(=O)Nc1ccc(Cl)cc1Cl. The Morgan fingerprint density at radius 1 is 1.25 bits per heavy atom. The number of anilines is 1. The summed E-state index contributed by atoms with van der Waals surface area (Å²) in [6, 6.07) is 12.0. The molecule has 0 aliphatic heterocycles. The zero-order chi connectivity index (χ0) is 17.7. The molecule has 8 heteroatoms. The van der Waals surface area contributed by atoms with E-state index in [1.54, 1.807) is 12.1 Å². The number of hydrogen-bond donors (Lipinski definition) is 1. The van der Waals surface area contributed by atoms with Crippen LogP contribution in [0.25, 0.3) is 6.08 Å². The quantitative estimate of drug-likeness (QED) is 0.376. The van der Waals surface area contributed by atoms with Gasteiger partial charge in [0.05, 0.1) is 21.2 Å². The van der Waals surface area contributed by atoms with Gasteiger partial charge in [-0.05, 0) is 30.3 Å². The second-order valence-corrected chi connectivity index (χ2v) is 5.41. The van der Waals surface area contributed by atoms with E-state index in [0.717, 1.165) is 6.08 Å². The summed E-state index contributed by atoms with van der Waals surface area (Å²) in [5.41, 5.74) is -0.0796. The lowest BCUT2D eigenvalue weighted by molar-refractivity contribution is -0.385. The Morgan fingerprint density at radius 3 is 2.58 bits per heavy atom. The number of nitro groups is 1. The number of nitro benzene ring substituents is 1. The third-order valence-electron chi connectivity index (χ3n) is 2.98. The lowest BCUT2D eigenvalue weighted by Crippen LogP contribution is -2.13. The minimum absolute atomic E-state index is 0.149. The Kier molecular flexibility index (Phi) is 5.53. The molecule has 0 fully saturated rings. The van der Waals surface area contributed by atoms with Crippen LogP contribution in [0.1, 0.15) is 5.56 Å². The van der Waals surface area contributed by atoms with E-state index >= 15 is 0 Å². The van der Waals surface area contributed by atoms with E-state index in [-0.39, 0.29) is 27.5 Å². The van der Waals surface area contributed by atoms with Gasteiger partial charge in [0, 0.05) is 11.1 Å². The molecule has 0 spiro atoms. The standard InChI is InChI=1S/C16H9Cl2N3O3/c17-12-5-6-14(13(18)8-12)20-16(22)11(9-19)7-10-3-1-2-4-15(10)21(23)24/h1-8H,(H,20,22). The molecule has 2 aromatic carbocycles. The molecular weight excluding hydrogens is 353 g/mol. The van der Waals surface area contributed by atoms with Crippen molar-refractivity contribution in [2.45, 2.75) is 0 Å². The zero-order valence-electron chi connectivity index (χ0n) is 12.0. The average Bonchev–Trinajstić information content (AvgIpc) is 2.55. The fourth-order valence-electron chi connectivity index (χ4n) is 1.86. The highest BCUT2D eigenvalue weighted by Gasteiger charge is 2.16. The first-order valence-corrected chi connectivity index (χ1v) is 7.29. The highest BCUT2D eigenvalue weighted by Crippen LogP contribution is 2.26. The van der Waals surface area contributed by atoms with Gasteiger partial charge in [0.15, 0.2) is 0 Å². The molecule has 0 heterocycles. The van der Waals surface area contributed by atoms with Gasteiger partial charge in [0.2, 0.25) is 0 Å². The summed E-state index contributed by atoms with van der Waals surface area (Å²) in [6.45, 7) is 0. The van der Waals surface area contributed by atoms with Crippen molar-refractivity contribution in [2.24, 2.45) is 0 Å². The first kappa shape index (κ1) is 17.5. The fourth-order valence-corrected chi connectivity index (χ4v) is 2.32. The van der Waals surface area contributed by atoms with Crippen LogP contribution in [-0.2, 0) is 4.79 Å². The number of carbonyl (C=O) groups excluding carboxylic acids is 1. The number of nitriles is 1. The third-order valence-corrected chi connectivity index (χ3v) is 3.53. The molecule has 0 radical (unpaired) electrons. The molecule has 0 aliphatic rings. The lowest BCUT2D eigenvalue weighted by Gasteiger charge is -2.07. The molecule has 0 aliphatic carbocycles. The van der Waals surface area contributed by atoms with Crippen LogP contribution in [0.4, 0.5) is 11.4 Å². The van der Waals surface area contributed by atoms with E-state index in [9.17, 15) is 20.2 Å². The maximum Gasteiger partial charge on any atom is 0.276 e. The number of benzene rings is 2. The van der Waals surface area contributed by atoms with Crippen LogP contribution in [-0.4, -0.2) is 10.8 Å². The van der Waals surface area contributed by atoms with Gasteiger partial charge in [-0.3, -0.25) is 14.9 Å². The molecule has 120 valence electrons. The first-order valence-electron chi connectivity index (χ1n) is 6.54. The van der Waals surface area contributed by atoms with Crippen molar-refractivity contribution in [1.82, 2.24) is 0 Å². The summed E-state index contributed by atoms with van der Waals surface area (Å²) in [6.07, 6.45) is 1.15. The van der Waals surface area contributed by atoms with Crippen molar-refractivity contribution in [1.29, 1.82) is 5.26 Å². The van der Waals surface area contributed by atoms with Crippen LogP contribution in [0.3, 0.4) is 0 Å². The molecule has 2 rings (SSSR count). The van der Waals surface area contributed by atoms with Crippen molar-refractivity contribution >= 4 is 46.6 Å². The fraction of sp³-hybridized carbons (Fsp3) is 0. The summed E-state index contributed by atoms with van der Waals surface area (Å²) in [4.78, 5) is 22.6. The van der Waals surface area contributed by atoms with E-state index in [1.165, 1.54) is 36.4 Å². The lowest BCUT2D eigenvalue weighted by atomic mass is 10.1. The number of rotatable bonds is 4. The predicted octanol–water partition coefficient (Wildman–Crippen LogP) is 4.45. The number of hydrogen-bond acceptors (Lipinski definition) is 4. The minimum atomic E-state index is -0.736. The van der Waals surface area contributed by atoms with Crippen molar-refractivity contribution in [3.05, 3.63) is 73.8 Å². The Labute approximate surface area is 147 Å². The summed E-state index contributed by atoms with van der Waals surface area (Å²) in [7, 11) is 0.